The highest BCUT2D eigenvalue weighted by atomic mass is 35.5. The van der Waals surface area contributed by atoms with Crippen LogP contribution in [0.15, 0.2) is 65.8 Å². The molecule has 0 radical (unpaired) electrons. The van der Waals surface area contributed by atoms with E-state index in [1.54, 1.807) is 38.4 Å². The van der Waals surface area contributed by atoms with Gasteiger partial charge in [0.2, 0.25) is 10.0 Å². The molecular formula is C39H53ClN4O11S. The van der Waals surface area contributed by atoms with E-state index in [4.69, 9.17) is 30.9 Å². The third-order valence-corrected chi connectivity index (χ3v) is 12.3. The van der Waals surface area contributed by atoms with Crippen LogP contribution in [0.3, 0.4) is 0 Å². The molecule has 0 bridgehead atoms. The van der Waals surface area contributed by atoms with Crippen molar-refractivity contribution in [1.82, 2.24) is 19.9 Å². The summed E-state index contributed by atoms with van der Waals surface area (Å²) in [6, 6.07) is 13.4. The van der Waals surface area contributed by atoms with Crippen LogP contribution in [0, 0.1) is 0 Å². The van der Waals surface area contributed by atoms with Gasteiger partial charge in [0.15, 0.2) is 0 Å². The van der Waals surface area contributed by atoms with Crippen molar-refractivity contribution in [2.75, 3.05) is 39.5 Å². The van der Waals surface area contributed by atoms with Crippen molar-refractivity contribution in [3.63, 3.8) is 0 Å². The van der Waals surface area contributed by atoms with Gasteiger partial charge in [0, 0.05) is 67.2 Å². The lowest BCUT2D eigenvalue weighted by atomic mass is 9.87. The Morgan fingerprint density at radius 1 is 1.04 bits per heavy atom. The van der Waals surface area contributed by atoms with Gasteiger partial charge in [-0.1, -0.05) is 29.8 Å². The number of aliphatic hydroxyl groups excluding tert-OH is 5. The van der Waals surface area contributed by atoms with Crippen molar-refractivity contribution in [2.24, 2.45) is 0 Å². The number of hydrogen-bond donors (Lipinski definition) is 7. The average Bonchev–Trinajstić information content (AvgIpc) is 3.88. The van der Waals surface area contributed by atoms with Gasteiger partial charge in [-0.05, 0) is 81.0 Å². The fourth-order valence-electron chi connectivity index (χ4n) is 6.47. The molecule has 2 amide bonds. The van der Waals surface area contributed by atoms with Crippen molar-refractivity contribution in [3.05, 3.63) is 77.1 Å². The lowest BCUT2D eigenvalue weighted by Crippen LogP contribution is -2.50. The minimum atomic E-state index is -3.98. The van der Waals surface area contributed by atoms with Crippen LogP contribution in [-0.4, -0.2) is 125 Å². The average molecular weight is 821 g/mol. The van der Waals surface area contributed by atoms with Crippen LogP contribution >= 0.6 is 11.6 Å². The summed E-state index contributed by atoms with van der Waals surface area (Å²) in [4.78, 5) is 16.7. The standard InChI is InChI=1S/C39H53ClN4O11S/c1-25(2)44(17-6-5-15-42-38(50)43-21-33(46)36(48)37(49)34(47)22-45)56(51,52)28-11-12-32(40)26(19-28)23-54-39(14-18-53-24-39)31-20-41-16-13-29(31)30-7-3-4-8-35(30)55-27-9-10-27/h3-4,7-8,11-13,16,19-20,25,27,33-34,36-37,45-49H,5-6,9-10,14-15,17-18,21-24H2,1-2H3,(H2,42,43,50)/t33-,34+,36+,37+,39?/m0/s1. The zero-order chi connectivity index (χ0) is 40.5. The topological polar surface area (TPSA) is 220 Å². The Hall–Kier alpha value is -3.42. The second-order valence-electron chi connectivity index (χ2n) is 14.4. The summed E-state index contributed by atoms with van der Waals surface area (Å²) in [5.74, 6) is 0.790. The van der Waals surface area contributed by atoms with Gasteiger partial charge in [0.05, 0.1) is 36.9 Å². The summed E-state index contributed by atoms with van der Waals surface area (Å²) in [5.41, 5.74) is 2.30. The minimum absolute atomic E-state index is 0.0106. The molecule has 7 N–H and O–H groups in total. The summed E-state index contributed by atoms with van der Waals surface area (Å²) in [7, 11) is -3.98. The van der Waals surface area contributed by atoms with Crippen molar-refractivity contribution < 1.29 is 53.0 Å². The second-order valence-corrected chi connectivity index (χ2v) is 16.7. The van der Waals surface area contributed by atoms with E-state index in [0.717, 1.165) is 35.3 Å². The van der Waals surface area contributed by atoms with E-state index in [1.165, 1.54) is 10.4 Å². The van der Waals surface area contributed by atoms with E-state index >= 15 is 0 Å². The van der Waals surface area contributed by atoms with Crippen LogP contribution in [0.25, 0.3) is 11.1 Å². The molecule has 1 aromatic heterocycles. The minimum Gasteiger partial charge on any atom is -0.490 e. The number of hydrogen-bond acceptors (Lipinski definition) is 12. The number of sulfonamides is 1. The molecule has 5 atom stereocenters. The summed E-state index contributed by atoms with van der Waals surface area (Å²) >= 11 is 6.65. The summed E-state index contributed by atoms with van der Waals surface area (Å²) in [5, 5.41) is 53.3. The lowest BCUT2D eigenvalue weighted by molar-refractivity contribution is -0.113. The summed E-state index contributed by atoms with van der Waals surface area (Å²) < 4.78 is 48.3. The number of amides is 2. The summed E-state index contributed by atoms with van der Waals surface area (Å²) in [6.45, 7) is 3.42. The van der Waals surface area contributed by atoms with Gasteiger partial charge in [0.1, 0.15) is 29.7 Å². The molecule has 1 unspecified atom stereocenters. The number of aromatic nitrogens is 1. The van der Waals surface area contributed by atoms with Crippen LogP contribution in [0.2, 0.25) is 5.02 Å². The van der Waals surface area contributed by atoms with E-state index in [9.17, 15) is 33.6 Å². The van der Waals surface area contributed by atoms with Gasteiger partial charge in [-0.3, -0.25) is 4.98 Å². The maximum Gasteiger partial charge on any atom is 0.314 e. The maximum absolute atomic E-state index is 14.0. The van der Waals surface area contributed by atoms with E-state index in [1.807, 2.05) is 30.3 Å². The fourth-order valence-corrected chi connectivity index (χ4v) is 8.37. The Morgan fingerprint density at radius 3 is 2.48 bits per heavy atom. The molecule has 1 saturated heterocycles. The van der Waals surface area contributed by atoms with E-state index in [2.05, 4.69) is 15.6 Å². The number of urea groups is 1. The predicted molar refractivity (Wildman–Crippen MR) is 207 cm³/mol. The number of benzene rings is 2. The number of unbranched alkanes of at least 4 members (excludes halogenated alkanes) is 1. The van der Waals surface area contributed by atoms with Crippen molar-refractivity contribution in [3.8, 4) is 16.9 Å². The Labute approximate surface area is 332 Å². The molecular weight excluding hydrogens is 768 g/mol. The Kier molecular flexibility index (Phi) is 15.5. The first kappa shape index (κ1) is 43.7. The van der Waals surface area contributed by atoms with E-state index < -0.39 is 59.2 Å². The second kappa shape index (κ2) is 19.8. The third kappa shape index (κ3) is 10.9. The van der Waals surface area contributed by atoms with Crippen LogP contribution < -0.4 is 15.4 Å². The lowest BCUT2D eigenvalue weighted by Gasteiger charge is -2.31. The molecule has 308 valence electrons. The molecule has 2 aliphatic rings. The number of nitrogens with zero attached hydrogens (tertiary/aromatic N) is 2. The smallest absolute Gasteiger partial charge is 0.314 e. The fraction of sp³-hybridized carbons (Fsp3) is 0.538. The first-order valence-electron chi connectivity index (χ1n) is 18.8. The number of carbonyl (C=O) groups excluding carboxylic acids is 1. The first-order valence-corrected chi connectivity index (χ1v) is 20.7. The van der Waals surface area contributed by atoms with Crippen molar-refractivity contribution in [1.29, 1.82) is 0 Å². The van der Waals surface area contributed by atoms with Crippen molar-refractivity contribution in [2.45, 2.75) is 99.6 Å². The number of ether oxygens (including phenoxy) is 3. The molecule has 2 fully saturated rings. The number of halogens is 1. The molecule has 2 aromatic carbocycles. The number of aliphatic hydroxyl groups is 5. The molecule has 1 aliphatic heterocycles. The molecule has 5 rings (SSSR count). The first-order chi connectivity index (χ1) is 26.8. The van der Waals surface area contributed by atoms with E-state index in [0.29, 0.717) is 36.5 Å². The SMILES string of the molecule is CC(C)N(CCCCNC(=O)NC[C@H](O)[C@@H](O)[C@H](O)[C@H](O)CO)S(=O)(=O)c1ccc(Cl)c(COC2(c3cnccc3-c3ccccc3OC3CC3)CCOC2)c1. The van der Waals surface area contributed by atoms with E-state index in [-0.39, 0.29) is 43.3 Å². The maximum atomic E-state index is 14.0. The molecule has 2 heterocycles. The molecule has 15 nitrogen and oxygen atoms in total. The number of pyridine rings is 1. The van der Waals surface area contributed by atoms with Gasteiger partial charge >= 0.3 is 6.03 Å². The number of rotatable bonds is 21. The predicted octanol–water partition coefficient (Wildman–Crippen LogP) is 2.69. The Morgan fingerprint density at radius 2 is 1.79 bits per heavy atom. The molecule has 17 heteroatoms. The highest BCUT2D eigenvalue weighted by molar-refractivity contribution is 7.89. The third-order valence-electron chi connectivity index (χ3n) is 9.88. The zero-order valence-corrected chi connectivity index (χ0v) is 33.2. The van der Waals surface area contributed by atoms with Crippen LogP contribution in [-0.2, 0) is 31.7 Å². The monoisotopic (exact) mass is 820 g/mol. The molecule has 3 aromatic rings. The largest absolute Gasteiger partial charge is 0.490 e. The van der Waals surface area contributed by atoms with Gasteiger partial charge in [0.25, 0.3) is 0 Å². The molecule has 1 saturated carbocycles. The van der Waals surface area contributed by atoms with Crippen molar-refractivity contribution >= 4 is 27.7 Å². The number of nitrogens with one attached hydrogen (secondary N) is 2. The number of carbonyl (C=O) groups is 1. The van der Waals surface area contributed by atoms with Crippen LogP contribution in [0.1, 0.15) is 57.1 Å². The molecule has 0 spiro atoms. The van der Waals surface area contributed by atoms with Gasteiger partial charge in [-0.25, -0.2) is 13.2 Å². The quantitative estimate of drug-likeness (QED) is 0.0772. The van der Waals surface area contributed by atoms with Gasteiger partial charge in [-0.2, -0.15) is 4.31 Å². The van der Waals surface area contributed by atoms with Gasteiger partial charge < -0.3 is 50.4 Å². The Bertz CT molecular complexity index is 1860. The Balaban J connectivity index is 1.21. The van der Waals surface area contributed by atoms with Crippen LogP contribution in [0.4, 0.5) is 4.79 Å². The zero-order valence-electron chi connectivity index (χ0n) is 31.6. The van der Waals surface area contributed by atoms with Crippen LogP contribution in [0.5, 0.6) is 5.75 Å². The summed E-state index contributed by atoms with van der Waals surface area (Å²) in [6.07, 6.45) is 0.318. The highest BCUT2D eigenvalue weighted by Gasteiger charge is 2.41. The molecule has 56 heavy (non-hydrogen) atoms. The highest BCUT2D eigenvalue weighted by Crippen LogP contribution is 2.44. The van der Waals surface area contributed by atoms with Gasteiger partial charge in [-0.15, -0.1) is 0 Å². The number of para-hydroxylation sites is 1. The molecule has 1 aliphatic carbocycles. The normalized spacial score (nSPS) is 19.5.